The zero-order chi connectivity index (χ0) is 26.3. The van der Waals surface area contributed by atoms with Gasteiger partial charge in [-0.25, -0.2) is 9.37 Å². The van der Waals surface area contributed by atoms with Crippen LogP contribution < -0.4 is 0 Å². The van der Waals surface area contributed by atoms with Crippen LogP contribution in [0, 0.1) is 16.7 Å². The number of amides is 3. The van der Waals surface area contributed by atoms with Gasteiger partial charge in [0.15, 0.2) is 0 Å². The number of rotatable bonds is 7. The molecule has 11 nitrogen and oxygen atoms in total. The largest absolute Gasteiger partial charge is 0.333 e. The highest BCUT2D eigenvalue weighted by molar-refractivity contribution is 7.85. The lowest BCUT2D eigenvalue weighted by Gasteiger charge is -2.35. The monoisotopic (exact) mass is 512 g/mol. The molecule has 2 aliphatic heterocycles. The van der Waals surface area contributed by atoms with Crippen LogP contribution in [-0.2, 0) is 19.7 Å². The van der Waals surface area contributed by atoms with Crippen LogP contribution >= 0.6 is 0 Å². The molecule has 2 bridgehead atoms. The summed E-state index contributed by atoms with van der Waals surface area (Å²) in [5.74, 6) is 0.216. The first-order valence-electron chi connectivity index (χ1n) is 12.1. The molecule has 4 rings (SSSR count). The van der Waals surface area contributed by atoms with E-state index >= 15 is 0 Å². The molecule has 3 fully saturated rings. The minimum absolute atomic E-state index is 0.0152. The number of carbonyl (C=O) groups is 3. The molecule has 0 aromatic rings. The summed E-state index contributed by atoms with van der Waals surface area (Å²) >= 11 is 0. The van der Waals surface area contributed by atoms with E-state index in [0.29, 0.717) is 18.7 Å². The fraction of sp³-hybridized carbons (Fsp3) is 0.783. The number of aliphatic imine (C=N–C) groups is 1. The van der Waals surface area contributed by atoms with Gasteiger partial charge in [0.05, 0.1) is 17.7 Å². The van der Waals surface area contributed by atoms with Crippen molar-refractivity contribution in [3.05, 3.63) is 0 Å². The van der Waals surface area contributed by atoms with Crippen LogP contribution in [0.1, 0.15) is 47.0 Å². The molecule has 0 radical (unpaired) electrons. The van der Waals surface area contributed by atoms with Crippen LogP contribution in [0.4, 0.5) is 4.79 Å². The average molecular weight is 513 g/mol. The summed E-state index contributed by atoms with van der Waals surface area (Å²) in [6.07, 6.45) is 3.64. The molecule has 2 unspecified atom stereocenters. The molecule has 0 aromatic carbocycles. The van der Waals surface area contributed by atoms with E-state index < -0.39 is 27.3 Å². The van der Waals surface area contributed by atoms with E-state index in [1.54, 1.807) is 13.4 Å². The van der Waals surface area contributed by atoms with Gasteiger partial charge in [0.1, 0.15) is 5.78 Å². The van der Waals surface area contributed by atoms with Gasteiger partial charge in [0, 0.05) is 27.1 Å². The second kappa shape index (κ2) is 9.70. The lowest BCUT2D eigenvalue weighted by Crippen LogP contribution is -2.61. The number of urea groups is 1. The number of hydrogen-bond donors (Lipinski definition) is 1. The third-order valence-electron chi connectivity index (χ3n) is 8.53. The van der Waals surface area contributed by atoms with Crippen molar-refractivity contribution in [2.75, 3.05) is 46.0 Å². The van der Waals surface area contributed by atoms with Gasteiger partial charge in [0.25, 0.3) is 34.2 Å². The maximum atomic E-state index is 12.3. The molecule has 1 saturated heterocycles. The summed E-state index contributed by atoms with van der Waals surface area (Å²) in [5.41, 5.74) is -1.12. The third kappa shape index (κ3) is 4.79. The van der Waals surface area contributed by atoms with Gasteiger partial charge < -0.3 is 0 Å². The topological polar surface area (TPSA) is 131 Å². The number of imide groups is 1. The number of hydrogen-bond acceptors (Lipinski definition) is 7. The molecule has 3 amide bonds. The van der Waals surface area contributed by atoms with Crippen LogP contribution in [0.3, 0.4) is 0 Å². The maximum Gasteiger partial charge on any atom is 0.333 e. The Kier molecular flexibility index (Phi) is 7.60. The van der Waals surface area contributed by atoms with Crippen molar-refractivity contribution in [1.29, 1.82) is 0 Å². The molecule has 2 heterocycles. The number of amidine groups is 1. The maximum absolute atomic E-state index is 12.3. The van der Waals surface area contributed by atoms with Gasteiger partial charge in [-0.15, -0.1) is 0 Å². The van der Waals surface area contributed by atoms with Crippen molar-refractivity contribution in [3.63, 3.8) is 0 Å². The Labute approximate surface area is 207 Å². The van der Waals surface area contributed by atoms with Crippen molar-refractivity contribution in [2.45, 2.75) is 53.0 Å². The first-order chi connectivity index (χ1) is 16.2. The summed E-state index contributed by atoms with van der Waals surface area (Å²) in [5, 5.41) is 0. The van der Waals surface area contributed by atoms with Gasteiger partial charge in [-0.2, -0.15) is 8.42 Å². The van der Waals surface area contributed by atoms with Crippen LogP contribution in [-0.4, -0.2) is 114 Å². The average Bonchev–Trinajstić information content (AvgIpc) is 3.36. The van der Waals surface area contributed by atoms with Crippen molar-refractivity contribution in [2.24, 2.45) is 21.7 Å². The first-order valence-corrected chi connectivity index (χ1v) is 13.7. The summed E-state index contributed by atoms with van der Waals surface area (Å²) in [6, 6.07) is -0.790. The number of nitrogens with zero attached hydrogens (tertiary/aromatic N) is 5. The van der Waals surface area contributed by atoms with E-state index in [1.807, 2.05) is 18.4 Å². The lowest BCUT2D eigenvalue weighted by atomic mass is 9.70. The Bertz CT molecular complexity index is 1060. The minimum atomic E-state index is -4.08. The third-order valence-corrected chi connectivity index (χ3v) is 9.39. The second-order valence-corrected chi connectivity index (χ2v) is 11.9. The smallest absolute Gasteiger partial charge is 0.300 e. The molecule has 4 aliphatic rings. The normalized spacial score (nSPS) is 29.3. The van der Waals surface area contributed by atoms with Gasteiger partial charge in [-0.3, -0.25) is 28.8 Å². The Hall–Kier alpha value is -2.18. The van der Waals surface area contributed by atoms with Crippen molar-refractivity contribution >= 4 is 40.0 Å². The number of ketones is 1. The van der Waals surface area contributed by atoms with E-state index in [0.717, 1.165) is 37.5 Å². The fourth-order valence-corrected chi connectivity index (χ4v) is 7.25. The number of carbonyl (C=O) groups excluding carboxylic acids is 3. The molecule has 2 aliphatic carbocycles. The molecule has 35 heavy (non-hydrogen) atoms. The number of Topliss-reactive ketones (excluding diaryl/α,β-unsaturated/α-hetero) is 1. The van der Waals surface area contributed by atoms with E-state index in [1.165, 1.54) is 11.9 Å². The zero-order valence-electron chi connectivity index (χ0n) is 21.5. The molecule has 196 valence electrons. The van der Waals surface area contributed by atoms with Crippen LogP contribution in [0.25, 0.3) is 0 Å². The Balaban J connectivity index is 0.000000203. The lowest BCUT2D eigenvalue weighted by molar-refractivity contribution is -0.531. The van der Waals surface area contributed by atoms with E-state index in [2.05, 4.69) is 23.7 Å². The molecule has 1 N–H and O–H groups in total. The van der Waals surface area contributed by atoms with Crippen molar-refractivity contribution < 1.29 is 31.9 Å². The highest BCUT2D eigenvalue weighted by atomic mass is 32.2. The summed E-state index contributed by atoms with van der Waals surface area (Å²) in [7, 11) is -0.912. The summed E-state index contributed by atoms with van der Waals surface area (Å²) in [4.78, 5) is 45.1. The Morgan fingerprint density at radius 2 is 1.80 bits per heavy atom. The predicted molar refractivity (Wildman–Crippen MR) is 131 cm³/mol. The van der Waals surface area contributed by atoms with Gasteiger partial charge in [0.2, 0.25) is 0 Å². The van der Waals surface area contributed by atoms with Crippen molar-refractivity contribution in [1.82, 2.24) is 14.7 Å². The molecule has 2 saturated carbocycles. The number of fused-ring (bicyclic) bond motifs is 3. The molecule has 0 spiro atoms. The highest BCUT2D eigenvalue weighted by Gasteiger charge is 2.65. The van der Waals surface area contributed by atoms with Crippen LogP contribution in [0.5, 0.6) is 0 Å². The van der Waals surface area contributed by atoms with Gasteiger partial charge in [-0.05, 0) is 42.3 Å². The second-order valence-electron chi connectivity index (χ2n) is 10.4. The standard InChI is InChI=1S/C13H22N5O2.C10H16O4S/c1-5-17(6-2)7-8-18-9-14-11-10(18)12(19)16(4)13(20)15(11)3;1-9(2)7-3-4-10(9,8(11)5-7)6-15(12,13)14/h9-10H,5-8H2,1-4H3;7H,3-6H2,1-2H3,(H,12,13,14)/q+1;/t;7?,10-/m.1/s1. The van der Waals surface area contributed by atoms with E-state index in [9.17, 15) is 22.8 Å². The quantitative estimate of drug-likeness (QED) is 0.397. The number of likely N-dealkylation sites (N-methyl/N-ethyl adjacent to an activating group) is 3. The Morgan fingerprint density at radius 1 is 1.17 bits per heavy atom. The SMILES string of the molecule is CC1(C)C2CC[C@@]1(CS(=O)(=O)O)C(=O)C2.CCN(CC)CC[N+]1=CN=C2C1C(=O)N(C)C(=O)N2C. The highest BCUT2D eigenvalue weighted by Crippen LogP contribution is 2.64. The summed E-state index contributed by atoms with van der Waals surface area (Å²) < 4.78 is 32.9. The van der Waals surface area contributed by atoms with Crippen LogP contribution in [0.15, 0.2) is 4.99 Å². The molecule has 12 heteroatoms. The molecule has 0 aromatic heterocycles. The zero-order valence-corrected chi connectivity index (χ0v) is 22.3. The van der Waals surface area contributed by atoms with Crippen LogP contribution in [0.2, 0.25) is 0 Å². The fourth-order valence-electron chi connectivity index (χ4n) is 5.95. The predicted octanol–water partition coefficient (Wildman–Crippen LogP) is 0.943. The van der Waals surface area contributed by atoms with E-state index in [4.69, 9.17) is 4.55 Å². The van der Waals surface area contributed by atoms with E-state index in [-0.39, 0.29) is 29.1 Å². The van der Waals surface area contributed by atoms with Gasteiger partial charge >= 0.3 is 6.03 Å². The van der Waals surface area contributed by atoms with Crippen molar-refractivity contribution in [3.8, 4) is 0 Å². The van der Waals surface area contributed by atoms with Gasteiger partial charge in [-0.1, -0.05) is 27.7 Å². The minimum Gasteiger partial charge on any atom is -0.300 e. The Morgan fingerprint density at radius 3 is 2.29 bits per heavy atom. The summed E-state index contributed by atoms with van der Waals surface area (Å²) in [6.45, 7) is 11.7. The molecular weight excluding hydrogens is 474 g/mol. The molecule has 3 atom stereocenters. The first kappa shape index (κ1) is 27.4. The molecular formula is C23H38N5O6S+.